The van der Waals surface area contributed by atoms with Crippen molar-refractivity contribution < 1.29 is 8.42 Å². The van der Waals surface area contributed by atoms with Crippen LogP contribution in [-0.4, -0.2) is 23.0 Å². The molecule has 4 aromatic rings. The number of hydrogen-bond donors (Lipinski definition) is 1. The van der Waals surface area contributed by atoms with Crippen molar-refractivity contribution in [3.63, 3.8) is 0 Å². The summed E-state index contributed by atoms with van der Waals surface area (Å²) < 4.78 is 27.2. The summed E-state index contributed by atoms with van der Waals surface area (Å²) in [5, 5.41) is 4.51. The predicted molar refractivity (Wildman–Crippen MR) is 99.5 cm³/mol. The molecular formula is C19H16N4O2S. The molecule has 0 aliphatic carbocycles. The maximum absolute atomic E-state index is 12.9. The van der Waals surface area contributed by atoms with E-state index in [1.54, 1.807) is 18.2 Å². The van der Waals surface area contributed by atoms with Gasteiger partial charge in [0.25, 0.3) is 0 Å². The van der Waals surface area contributed by atoms with Gasteiger partial charge in [-0.25, -0.2) is 13.4 Å². The van der Waals surface area contributed by atoms with Crippen LogP contribution in [0, 0.1) is 6.92 Å². The van der Waals surface area contributed by atoms with E-state index < -0.39 is 9.84 Å². The molecule has 0 atom stereocenters. The first-order valence-electron chi connectivity index (χ1n) is 7.99. The Bertz CT molecular complexity index is 1200. The van der Waals surface area contributed by atoms with Gasteiger partial charge in [-0.15, -0.1) is 0 Å². The lowest BCUT2D eigenvalue weighted by Crippen LogP contribution is -2.11. The fourth-order valence-corrected chi connectivity index (χ4v) is 4.22. The lowest BCUT2D eigenvalue weighted by molar-refractivity contribution is 0.595. The van der Waals surface area contributed by atoms with Gasteiger partial charge in [-0.1, -0.05) is 48.5 Å². The molecule has 6 nitrogen and oxygen atoms in total. The zero-order chi connectivity index (χ0) is 18.3. The normalized spacial score (nSPS) is 11.7. The Morgan fingerprint density at radius 1 is 0.962 bits per heavy atom. The highest BCUT2D eigenvalue weighted by Crippen LogP contribution is 2.30. The van der Waals surface area contributed by atoms with Crippen molar-refractivity contribution in [2.24, 2.45) is 0 Å². The molecule has 0 aliphatic heterocycles. The van der Waals surface area contributed by atoms with Gasteiger partial charge in [0.15, 0.2) is 5.65 Å². The van der Waals surface area contributed by atoms with E-state index in [1.165, 1.54) is 22.8 Å². The third kappa shape index (κ3) is 2.44. The molecule has 2 aromatic heterocycles. The molecule has 0 unspecified atom stereocenters. The Hall–Kier alpha value is -3.19. The minimum atomic E-state index is -3.78. The zero-order valence-electron chi connectivity index (χ0n) is 14.0. The number of nitrogens with zero attached hydrogens (tertiary/aromatic N) is 3. The monoisotopic (exact) mass is 364 g/mol. The number of nitrogens with two attached hydrogens (primary N) is 1. The minimum absolute atomic E-state index is 0.0455. The Kier molecular flexibility index (Phi) is 3.73. The van der Waals surface area contributed by atoms with Crippen LogP contribution >= 0.6 is 0 Å². The first-order chi connectivity index (χ1) is 12.5. The van der Waals surface area contributed by atoms with Crippen molar-refractivity contribution in [3.05, 3.63) is 72.4 Å². The quantitative estimate of drug-likeness (QED) is 0.603. The summed E-state index contributed by atoms with van der Waals surface area (Å²) in [6.45, 7) is 1.89. The van der Waals surface area contributed by atoms with Crippen LogP contribution in [0.1, 0.15) is 5.56 Å². The van der Waals surface area contributed by atoms with E-state index in [0.717, 1.165) is 16.8 Å². The van der Waals surface area contributed by atoms with E-state index in [4.69, 9.17) is 5.73 Å². The first kappa shape index (κ1) is 16.3. The average Bonchev–Trinajstić information content (AvgIpc) is 3.01. The summed E-state index contributed by atoms with van der Waals surface area (Å²) in [7, 11) is -3.78. The van der Waals surface area contributed by atoms with Crippen molar-refractivity contribution in [2.45, 2.75) is 16.7 Å². The lowest BCUT2D eigenvalue weighted by atomic mass is 10.1. The third-order valence-electron chi connectivity index (χ3n) is 4.27. The van der Waals surface area contributed by atoms with Crippen molar-refractivity contribution in [3.8, 4) is 11.3 Å². The van der Waals surface area contributed by atoms with E-state index in [-0.39, 0.29) is 15.6 Å². The van der Waals surface area contributed by atoms with Gasteiger partial charge in [0.1, 0.15) is 10.7 Å². The number of benzene rings is 2. The molecule has 0 saturated carbocycles. The minimum Gasteiger partial charge on any atom is -0.382 e. The summed E-state index contributed by atoms with van der Waals surface area (Å²) in [4.78, 5) is 4.43. The highest BCUT2D eigenvalue weighted by atomic mass is 32.2. The summed E-state index contributed by atoms with van der Waals surface area (Å²) in [5.41, 5.74) is 9.20. The SMILES string of the molecule is Cc1c(-c2ccccc2)nn2c(N)c(S(=O)(=O)c3ccccc3)cnc12. The van der Waals surface area contributed by atoms with Crippen molar-refractivity contribution in [2.75, 3.05) is 5.73 Å². The van der Waals surface area contributed by atoms with Crippen LogP contribution in [0.25, 0.3) is 16.9 Å². The van der Waals surface area contributed by atoms with E-state index in [1.807, 2.05) is 37.3 Å². The van der Waals surface area contributed by atoms with Crippen molar-refractivity contribution >= 4 is 21.3 Å². The largest absolute Gasteiger partial charge is 0.382 e. The molecule has 0 bridgehead atoms. The lowest BCUT2D eigenvalue weighted by Gasteiger charge is -2.08. The van der Waals surface area contributed by atoms with Gasteiger partial charge in [0.2, 0.25) is 9.84 Å². The number of fused-ring (bicyclic) bond motifs is 1. The Balaban J connectivity index is 1.94. The van der Waals surface area contributed by atoms with E-state index >= 15 is 0 Å². The molecule has 26 heavy (non-hydrogen) atoms. The van der Waals surface area contributed by atoms with E-state index in [9.17, 15) is 8.42 Å². The number of aromatic nitrogens is 3. The van der Waals surface area contributed by atoms with Crippen molar-refractivity contribution in [1.29, 1.82) is 0 Å². The molecular weight excluding hydrogens is 348 g/mol. The Labute approximate surface area is 150 Å². The molecule has 7 heteroatoms. The predicted octanol–water partition coefficient (Wildman–Crippen LogP) is 3.12. The number of anilines is 1. The second kappa shape index (κ2) is 5.96. The number of sulfone groups is 1. The number of hydrogen-bond acceptors (Lipinski definition) is 5. The fraction of sp³-hybridized carbons (Fsp3) is 0.0526. The second-order valence-electron chi connectivity index (χ2n) is 5.90. The number of rotatable bonds is 3. The summed E-state index contributed by atoms with van der Waals surface area (Å²) in [5.74, 6) is 0.0455. The summed E-state index contributed by atoms with van der Waals surface area (Å²) in [6, 6.07) is 17.8. The zero-order valence-corrected chi connectivity index (χ0v) is 14.8. The van der Waals surface area contributed by atoms with E-state index in [0.29, 0.717) is 5.65 Å². The van der Waals surface area contributed by atoms with Crippen LogP contribution in [0.4, 0.5) is 5.82 Å². The van der Waals surface area contributed by atoms with Crippen LogP contribution in [0.15, 0.2) is 76.7 Å². The number of nitrogen functional groups attached to an aromatic ring is 1. The second-order valence-corrected chi connectivity index (χ2v) is 7.82. The maximum Gasteiger partial charge on any atom is 0.211 e. The van der Waals surface area contributed by atoms with Gasteiger partial charge in [0, 0.05) is 11.1 Å². The number of aryl methyl sites for hydroxylation is 1. The van der Waals surface area contributed by atoms with Crippen LogP contribution in [0.3, 0.4) is 0 Å². The van der Waals surface area contributed by atoms with Crippen LogP contribution in [0.5, 0.6) is 0 Å². The van der Waals surface area contributed by atoms with Crippen LogP contribution in [0.2, 0.25) is 0 Å². The summed E-state index contributed by atoms with van der Waals surface area (Å²) >= 11 is 0. The molecule has 2 aromatic carbocycles. The summed E-state index contributed by atoms with van der Waals surface area (Å²) in [6.07, 6.45) is 1.30. The van der Waals surface area contributed by atoms with Crippen LogP contribution < -0.4 is 5.73 Å². The van der Waals surface area contributed by atoms with Gasteiger partial charge in [-0.2, -0.15) is 9.61 Å². The Morgan fingerprint density at radius 2 is 1.58 bits per heavy atom. The molecule has 0 amide bonds. The maximum atomic E-state index is 12.9. The van der Waals surface area contributed by atoms with Gasteiger partial charge in [-0.05, 0) is 19.1 Å². The molecule has 0 radical (unpaired) electrons. The molecule has 0 saturated heterocycles. The van der Waals surface area contributed by atoms with Gasteiger partial charge in [0.05, 0.1) is 16.8 Å². The first-order valence-corrected chi connectivity index (χ1v) is 9.48. The highest BCUT2D eigenvalue weighted by Gasteiger charge is 2.24. The molecule has 4 rings (SSSR count). The molecule has 130 valence electrons. The van der Waals surface area contributed by atoms with Crippen LogP contribution in [-0.2, 0) is 9.84 Å². The average molecular weight is 364 g/mol. The molecule has 0 aliphatic rings. The fourth-order valence-electron chi connectivity index (χ4n) is 2.90. The highest BCUT2D eigenvalue weighted by molar-refractivity contribution is 7.91. The topological polar surface area (TPSA) is 90.4 Å². The van der Waals surface area contributed by atoms with E-state index in [2.05, 4.69) is 10.1 Å². The molecule has 2 heterocycles. The molecule has 0 spiro atoms. The van der Waals surface area contributed by atoms with Gasteiger partial charge < -0.3 is 5.73 Å². The van der Waals surface area contributed by atoms with Gasteiger partial charge in [-0.3, -0.25) is 0 Å². The van der Waals surface area contributed by atoms with Crippen molar-refractivity contribution in [1.82, 2.24) is 14.6 Å². The molecule has 0 fully saturated rings. The molecule has 2 N–H and O–H groups in total. The third-order valence-corrected chi connectivity index (χ3v) is 6.05. The van der Waals surface area contributed by atoms with Gasteiger partial charge >= 0.3 is 0 Å². The Morgan fingerprint density at radius 3 is 2.23 bits per heavy atom. The standard InChI is InChI=1S/C19H16N4O2S/c1-13-17(14-8-4-2-5-9-14)22-23-18(20)16(12-21-19(13)23)26(24,25)15-10-6-3-7-11-15/h2-12H,20H2,1H3. The smallest absolute Gasteiger partial charge is 0.211 e.